The number of nitrogens with zero attached hydrogens (tertiary/aromatic N) is 2. The van der Waals surface area contributed by atoms with E-state index in [1.54, 1.807) is 6.92 Å². The Morgan fingerprint density at radius 2 is 1.80 bits per heavy atom. The third kappa shape index (κ3) is 3.41. The molecule has 0 spiro atoms. The number of carbonyl (C=O) groups excluding carboxylic acids is 1. The number of carbonyl (C=O) groups is 2. The summed E-state index contributed by atoms with van der Waals surface area (Å²) < 4.78 is 0. The van der Waals surface area contributed by atoms with E-state index < -0.39 is 18.4 Å². The number of aryl methyl sites for hydroxylation is 1. The maximum absolute atomic E-state index is 11.4. The van der Waals surface area contributed by atoms with E-state index in [-0.39, 0.29) is 6.54 Å². The van der Waals surface area contributed by atoms with Crippen molar-refractivity contribution in [3.05, 3.63) is 30.0 Å². The molecule has 1 amide bonds. The predicted octanol–water partition coefficient (Wildman–Crippen LogP) is 0.551. The number of fused-ring (bicyclic) bond motifs is 1. The lowest BCUT2D eigenvalue weighted by Crippen LogP contribution is -2.34. The molecule has 1 heterocycles. The van der Waals surface area contributed by atoms with E-state index >= 15 is 0 Å². The highest BCUT2D eigenvalue weighted by atomic mass is 16.4. The Bertz CT molecular complexity index is 657. The largest absolute Gasteiger partial charge is 0.480 e. The Hall–Kier alpha value is -2.70. The van der Waals surface area contributed by atoms with Gasteiger partial charge in [0.05, 0.1) is 23.3 Å². The van der Waals surface area contributed by atoms with E-state index in [1.165, 1.54) is 0 Å². The van der Waals surface area contributed by atoms with Crippen molar-refractivity contribution in [2.24, 2.45) is 0 Å². The summed E-state index contributed by atoms with van der Waals surface area (Å²) in [7, 11) is 0. The van der Waals surface area contributed by atoms with Crippen molar-refractivity contribution < 1.29 is 14.7 Å². The number of hydrogen-bond acceptors (Lipinski definition) is 5. The number of anilines is 1. The summed E-state index contributed by atoms with van der Waals surface area (Å²) in [6.07, 6.45) is 0. The van der Waals surface area contributed by atoms with Crippen LogP contribution in [-0.4, -0.2) is 40.0 Å². The van der Waals surface area contributed by atoms with Crippen LogP contribution in [0.25, 0.3) is 11.0 Å². The third-order valence-corrected chi connectivity index (χ3v) is 2.60. The van der Waals surface area contributed by atoms with Crippen molar-refractivity contribution in [1.82, 2.24) is 15.3 Å². The third-order valence-electron chi connectivity index (χ3n) is 2.60. The van der Waals surface area contributed by atoms with Crippen LogP contribution in [0.4, 0.5) is 5.82 Å². The Balaban J connectivity index is 2.04. The average Bonchev–Trinajstić information content (AvgIpc) is 2.42. The zero-order valence-electron chi connectivity index (χ0n) is 10.9. The zero-order valence-corrected chi connectivity index (χ0v) is 10.9. The van der Waals surface area contributed by atoms with E-state index in [9.17, 15) is 9.59 Å². The van der Waals surface area contributed by atoms with Crippen LogP contribution in [0.3, 0.4) is 0 Å². The average molecular weight is 274 g/mol. The second-order valence-corrected chi connectivity index (χ2v) is 4.17. The number of aliphatic carboxylic acids is 1. The van der Waals surface area contributed by atoms with Crippen molar-refractivity contribution >= 4 is 28.7 Å². The molecule has 2 rings (SSSR count). The van der Waals surface area contributed by atoms with Crippen LogP contribution in [-0.2, 0) is 9.59 Å². The number of hydrogen-bond donors (Lipinski definition) is 3. The van der Waals surface area contributed by atoms with Gasteiger partial charge in [-0.25, -0.2) is 9.97 Å². The summed E-state index contributed by atoms with van der Waals surface area (Å²) in [5.41, 5.74) is 2.19. The molecule has 1 aromatic carbocycles. The number of para-hydroxylation sites is 2. The van der Waals surface area contributed by atoms with E-state index in [0.717, 1.165) is 11.0 Å². The van der Waals surface area contributed by atoms with E-state index in [0.29, 0.717) is 11.5 Å². The zero-order chi connectivity index (χ0) is 14.5. The lowest BCUT2D eigenvalue weighted by Gasteiger charge is -2.09. The van der Waals surface area contributed by atoms with E-state index in [1.807, 2.05) is 24.3 Å². The molecule has 0 saturated carbocycles. The van der Waals surface area contributed by atoms with Crippen molar-refractivity contribution in [2.45, 2.75) is 6.92 Å². The second kappa shape index (κ2) is 5.96. The maximum atomic E-state index is 11.4. The minimum absolute atomic E-state index is 0.0544. The topological polar surface area (TPSA) is 104 Å². The SMILES string of the molecule is Cc1nc2ccccc2nc1NCC(=O)NCC(=O)O. The Morgan fingerprint density at radius 1 is 1.15 bits per heavy atom. The fourth-order valence-electron chi connectivity index (χ4n) is 1.66. The normalized spacial score (nSPS) is 10.2. The first-order valence-electron chi connectivity index (χ1n) is 6.02. The summed E-state index contributed by atoms with van der Waals surface area (Å²) in [5.74, 6) is -0.990. The van der Waals surface area contributed by atoms with Gasteiger partial charge in [-0.05, 0) is 19.1 Å². The van der Waals surface area contributed by atoms with Gasteiger partial charge < -0.3 is 15.7 Å². The van der Waals surface area contributed by atoms with Crippen LogP contribution in [0.1, 0.15) is 5.69 Å². The molecule has 0 radical (unpaired) electrons. The molecule has 20 heavy (non-hydrogen) atoms. The summed E-state index contributed by atoms with van der Waals surface area (Å²) in [6.45, 7) is 1.33. The second-order valence-electron chi connectivity index (χ2n) is 4.17. The first kappa shape index (κ1) is 13.7. The standard InChI is InChI=1S/C13H14N4O3/c1-8-13(15-6-11(18)14-7-12(19)20)17-10-5-3-2-4-9(10)16-8/h2-5H,6-7H2,1H3,(H,14,18)(H,15,17)(H,19,20). The van der Waals surface area contributed by atoms with Crippen LogP contribution in [0.15, 0.2) is 24.3 Å². The lowest BCUT2D eigenvalue weighted by atomic mass is 10.3. The van der Waals surface area contributed by atoms with Crippen molar-refractivity contribution in [2.75, 3.05) is 18.4 Å². The minimum atomic E-state index is -1.08. The van der Waals surface area contributed by atoms with Crippen LogP contribution in [0, 0.1) is 6.92 Å². The van der Waals surface area contributed by atoms with Gasteiger partial charge >= 0.3 is 5.97 Å². The number of aromatic nitrogens is 2. The highest BCUT2D eigenvalue weighted by Gasteiger charge is 2.07. The van der Waals surface area contributed by atoms with Gasteiger partial charge in [0.1, 0.15) is 12.4 Å². The molecular formula is C13H14N4O3. The van der Waals surface area contributed by atoms with Crippen molar-refractivity contribution in [3.63, 3.8) is 0 Å². The number of amides is 1. The van der Waals surface area contributed by atoms with Gasteiger partial charge in [0, 0.05) is 0 Å². The van der Waals surface area contributed by atoms with Gasteiger partial charge in [-0.1, -0.05) is 12.1 Å². The van der Waals surface area contributed by atoms with Crippen LogP contribution in [0.2, 0.25) is 0 Å². The summed E-state index contributed by atoms with van der Waals surface area (Å²) in [5, 5.41) is 13.6. The highest BCUT2D eigenvalue weighted by molar-refractivity contribution is 5.84. The molecule has 104 valence electrons. The Morgan fingerprint density at radius 3 is 2.45 bits per heavy atom. The molecule has 0 fully saturated rings. The smallest absolute Gasteiger partial charge is 0.322 e. The van der Waals surface area contributed by atoms with Gasteiger partial charge in [-0.3, -0.25) is 9.59 Å². The minimum Gasteiger partial charge on any atom is -0.480 e. The monoisotopic (exact) mass is 274 g/mol. The van der Waals surface area contributed by atoms with Crippen LogP contribution in [0.5, 0.6) is 0 Å². The maximum Gasteiger partial charge on any atom is 0.322 e. The molecule has 0 bridgehead atoms. The van der Waals surface area contributed by atoms with Gasteiger partial charge in [-0.15, -0.1) is 0 Å². The molecule has 1 aromatic heterocycles. The van der Waals surface area contributed by atoms with Crippen molar-refractivity contribution in [1.29, 1.82) is 0 Å². The van der Waals surface area contributed by atoms with E-state index in [4.69, 9.17) is 5.11 Å². The van der Waals surface area contributed by atoms with Gasteiger partial charge in [0.2, 0.25) is 5.91 Å². The molecule has 2 aromatic rings. The first-order chi connectivity index (χ1) is 9.56. The van der Waals surface area contributed by atoms with Crippen LogP contribution >= 0.6 is 0 Å². The number of carboxylic acid groups (broad SMARTS) is 1. The number of benzene rings is 1. The fourth-order valence-corrected chi connectivity index (χ4v) is 1.66. The predicted molar refractivity (Wildman–Crippen MR) is 73.4 cm³/mol. The molecule has 0 atom stereocenters. The van der Waals surface area contributed by atoms with Gasteiger partial charge in [0.15, 0.2) is 0 Å². The summed E-state index contributed by atoms with van der Waals surface area (Å²) >= 11 is 0. The highest BCUT2D eigenvalue weighted by Crippen LogP contribution is 2.15. The molecule has 0 unspecified atom stereocenters. The van der Waals surface area contributed by atoms with Gasteiger partial charge in [-0.2, -0.15) is 0 Å². The lowest BCUT2D eigenvalue weighted by molar-refractivity contribution is -0.137. The summed E-state index contributed by atoms with van der Waals surface area (Å²) in [6, 6.07) is 7.43. The molecule has 7 heteroatoms. The number of nitrogens with one attached hydrogen (secondary N) is 2. The molecular weight excluding hydrogens is 260 g/mol. The van der Waals surface area contributed by atoms with Crippen LogP contribution < -0.4 is 10.6 Å². The molecule has 0 saturated heterocycles. The first-order valence-corrected chi connectivity index (χ1v) is 6.02. The van der Waals surface area contributed by atoms with Crippen molar-refractivity contribution in [3.8, 4) is 0 Å². The molecule has 3 N–H and O–H groups in total. The van der Waals surface area contributed by atoms with E-state index in [2.05, 4.69) is 20.6 Å². The summed E-state index contributed by atoms with van der Waals surface area (Å²) in [4.78, 5) is 30.5. The fraction of sp³-hybridized carbons (Fsp3) is 0.231. The molecule has 0 aliphatic heterocycles. The molecule has 0 aliphatic carbocycles. The number of rotatable bonds is 5. The Kier molecular flexibility index (Phi) is 4.09. The number of carboxylic acids is 1. The quantitative estimate of drug-likeness (QED) is 0.735. The molecule has 0 aliphatic rings. The Labute approximate surface area is 115 Å². The molecule has 7 nitrogen and oxygen atoms in total. The van der Waals surface area contributed by atoms with Gasteiger partial charge in [0.25, 0.3) is 0 Å².